The van der Waals surface area contributed by atoms with Crippen molar-refractivity contribution in [3.63, 3.8) is 0 Å². The number of anilines is 1. The zero-order chi connectivity index (χ0) is 10.2. The van der Waals surface area contributed by atoms with Crippen molar-refractivity contribution in [3.8, 4) is 0 Å². The Hall–Kier alpha value is -0.980. The Morgan fingerprint density at radius 1 is 1.29 bits per heavy atom. The first kappa shape index (κ1) is 9.57. The standard InChI is InChI=1S/C8H8N2O2S2/c9-14(11,12)10-8-4-2-1-3-7(8)5-6-13-10/h1-6H,(H2,9,11,12). The van der Waals surface area contributed by atoms with Gasteiger partial charge in [0.1, 0.15) is 0 Å². The molecule has 2 N–H and O–H groups in total. The first-order chi connectivity index (χ1) is 6.59. The van der Waals surface area contributed by atoms with Crippen LogP contribution in [0.15, 0.2) is 29.7 Å². The van der Waals surface area contributed by atoms with Crippen molar-refractivity contribution in [1.82, 2.24) is 0 Å². The number of hydrogen-bond donors (Lipinski definition) is 1. The predicted molar refractivity (Wildman–Crippen MR) is 58.7 cm³/mol. The summed E-state index contributed by atoms with van der Waals surface area (Å²) in [5.74, 6) is 0. The average molecular weight is 228 g/mol. The molecule has 6 heteroatoms. The largest absolute Gasteiger partial charge is 0.308 e. The average Bonchev–Trinajstić information content (AvgIpc) is 2.15. The molecule has 2 rings (SSSR count). The van der Waals surface area contributed by atoms with Gasteiger partial charge in [0.15, 0.2) is 0 Å². The van der Waals surface area contributed by atoms with E-state index in [0.717, 1.165) is 21.2 Å². The molecule has 0 fully saturated rings. The van der Waals surface area contributed by atoms with E-state index >= 15 is 0 Å². The molecule has 4 nitrogen and oxygen atoms in total. The molecule has 1 aromatic rings. The highest BCUT2D eigenvalue weighted by molar-refractivity contribution is 8.15. The Morgan fingerprint density at radius 3 is 2.71 bits per heavy atom. The second-order valence-corrected chi connectivity index (χ2v) is 5.21. The van der Waals surface area contributed by atoms with Crippen LogP contribution in [0.4, 0.5) is 5.69 Å². The molecule has 74 valence electrons. The minimum Gasteiger partial charge on any atom is -0.210 e. The Morgan fingerprint density at radius 2 is 2.00 bits per heavy atom. The van der Waals surface area contributed by atoms with E-state index in [0.29, 0.717) is 5.69 Å². The molecule has 0 atom stereocenters. The van der Waals surface area contributed by atoms with E-state index in [4.69, 9.17) is 5.14 Å². The molecule has 0 amide bonds. The summed E-state index contributed by atoms with van der Waals surface area (Å²) in [6.07, 6.45) is 1.85. The third-order valence-corrected chi connectivity index (χ3v) is 3.96. The van der Waals surface area contributed by atoms with Crippen molar-refractivity contribution in [3.05, 3.63) is 35.2 Å². The zero-order valence-electron chi connectivity index (χ0n) is 7.12. The zero-order valence-corrected chi connectivity index (χ0v) is 8.75. The van der Waals surface area contributed by atoms with Gasteiger partial charge in [0.05, 0.1) is 5.69 Å². The lowest BCUT2D eigenvalue weighted by atomic mass is 10.2. The summed E-state index contributed by atoms with van der Waals surface area (Å²) in [5, 5.41) is 6.76. The molecule has 0 aliphatic carbocycles. The smallest absolute Gasteiger partial charge is 0.210 e. The van der Waals surface area contributed by atoms with Crippen LogP contribution in [0.25, 0.3) is 6.08 Å². The van der Waals surface area contributed by atoms with Gasteiger partial charge in [0.25, 0.3) is 0 Å². The van der Waals surface area contributed by atoms with Crippen molar-refractivity contribution < 1.29 is 8.42 Å². The molecule has 14 heavy (non-hydrogen) atoms. The molecular formula is C8H8N2O2S2. The molecule has 1 aliphatic rings. The van der Waals surface area contributed by atoms with Gasteiger partial charge in [-0.3, -0.25) is 0 Å². The Labute approximate surface area is 86.7 Å². The maximum atomic E-state index is 11.2. The van der Waals surface area contributed by atoms with Gasteiger partial charge < -0.3 is 0 Å². The highest BCUT2D eigenvalue weighted by atomic mass is 32.3. The molecule has 0 aromatic heterocycles. The van der Waals surface area contributed by atoms with Gasteiger partial charge in [-0.1, -0.05) is 18.2 Å². The molecule has 0 saturated heterocycles. The van der Waals surface area contributed by atoms with Crippen molar-refractivity contribution in [2.75, 3.05) is 3.71 Å². The highest BCUT2D eigenvalue weighted by Gasteiger charge is 2.22. The second kappa shape index (κ2) is 3.30. The lowest BCUT2D eigenvalue weighted by Crippen LogP contribution is -2.31. The fourth-order valence-corrected chi connectivity index (χ4v) is 2.87. The molecule has 1 aliphatic heterocycles. The van der Waals surface area contributed by atoms with E-state index in [2.05, 4.69) is 0 Å². The fraction of sp³-hybridized carbons (Fsp3) is 0. The van der Waals surface area contributed by atoms with E-state index in [-0.39, 0.29) is 0 Å². The summed E-state index contributed by atoms with van der Waals surface area (Å²) >= 11 is 1.05. The second-order valence-electron chi connectivity index (χ2n) is 2.74. The number of benzene rings is 1. The van der Waals surface area contributed by atoms with Crippen LogP contribution < -0.4 is 8.85 Å². The van der Waals surface area contributed by atoms with Gasteiger partial charge >= 0.3 is 10.2 Å². The predicted octanol–water partition coefficient (Wildman–Crippen LogP) is 1.33. The Bertz CT molecular complexity index is 482. The first-order valence-corrected chi connectivity index (χ1v) is 6.18. The number of nitrogens with zero attached hydrogens (tertiary/aromatic N) is 1. The Balaban J connectivity index is 2.57. The molecule has 0 radical (unpaired) electrons. The number of fused-ring (bicyclic) bond motifs is 1. The third kappa shape index (κ3) is 1.63. The quantitative estimate of drug-likeness (QED) is 0.737. The number of hydrogen-bond acceptors (Lipinski definition) is 3. The third-order valence-electron chi connectivity index (χ3n) is 1.77. The summed E-state index contributed by atoms with van der Waals surface area (Å²) < 4.78 is 23.5. The SMILES string of the molecule is NS(=O)(=O)N1SC=Cc2ccccc21. The maximum absolute atomic E-state index is 11.2. The van der Waals surface area contributed by atoms with E-state index in [9.17, 15) is 8.42 Å². The van der Waals surface area contributed by atoms with Crippen LogP contribution in [0.2, 0.25) is 0 Å². The van der Waals surface area contributed by atoms with Gasteiger partial charge in [0, 0.05) is 5.56 Å². The summed E-state index contributed by atoms with van der Waals surface area (Å²) in [7, 11) is -3.69. The van der Waals surface area contributed by atoms with Gasteiger partial charge in [-0.2, -0.15) is 12.1 Å². The minimum absolute atomic E-state index is 0.600. The minimum atomic E-state index is -3.69. The topological polar surface area (TPSA) is 63.4 Å². The molecule has 0 unspecified atom stereocenters. The van der Waals surface area contributed by atoms with E-state index in [1.165, 1.54) is 0 Å². The number of rotatable bonds is 1. The van der Waals surface area contributed by atoms with E-state index in [1.807, 2.05) is 18.2 Å². The van der Waals surface area contributed by atoms with Crippen LogP contribution in [-0.4, -0.2) is 8.42 Å². The van der Waals surface area contributed by atoms with Gasteiger partial charge in [-0.15, -0.1) is 0 Å². The van der Waals surface area contributed by atoms with Crippen molar-refractivity contribution in [2.45, 2.75) is 0 Å². The molecular weight excluding hydrogens is 220 g/mol. The molecule has 1 heterocycles. The normalized spacial score (nSPS) is 15.4. The van der Waals surface area contributed by atoms with Crippen molar-refractivity contribution >= 4 is 33.9 Å². The Kier molecular flexibility index (Phi) is 2.26. The lowest BCUT2D eigenvalue weighted by molar-refractivity contribution is 0.600. The highest BCUT2D eigenvalue weighted by Crippen LogP contribution is 2.34. The monoisotopic (exact) mass is 228 g/mol. The summed E-state index contributed by atoms with van der Waals surface area (Å²) in [4.78, 5) is 0. The molecule has 0 bridgehead atoms. The molecule has 0 saturated carbocycles. The van der Waals surface area contributed by atoms with Gasteiger partial charge in [-0.05, 0) is 29.5 Å². The van der Waals surface area contributed by atoms with Crippen LogP contribution in [0.1, 0.15) is 5.56 Å². The lowest BCUT2D eigenvalue weighted by Gasteiger charge is -2.23. The van der Waals surface area contributed by atoms with Crippen LogP contribution in [-0.2, 0) is 10.2 Å². The van der Waals surface area contributed by atoms with Crippen LogP contribution in [0.3, 0.4) is 0 Å². The van der Waals surface area contributed by atoms with Crippen molar-refractivity contribution in [2.24, 2.45) is 5.14 Å². The number of para-hydroxylation sites is 1. The molecule has 1 aromatic carbocycles. The van der Waals surface area contributed by atoms with E-state index < -0.39 is 10.2 Å². The maximum Gasteiger partial charge on any atom is 0.308 e. The van der Waals surface area contributed by atoms with Gasteiger partial charge in [-0.25, -0.2) is 5.14 Å². The summed E-state index contributed by atoms with van der Waals surface area (Å²) in [6, 6.07) is 7.18. The number of nitrogens with two attached hydrogens (primary N) is 1. The summed E-state index contributed by atoms with van der Waals surface area (Å²) in [6.45, 7) is 0. The first-order valence-electron chi connectivity index (χ1n) is 3.84. The van der Waals surface area contributed by atoms with E-state index in [1.54, 1.807) is 17.5 Å². The van der Waals surface area contributed by atoms with Crippen LogP contribution in [0, 0.1) is 0 Å². The van der Waals surface area contributed by atoms with Crippen LogP contribution >= 0.6 is 11.9 Å². The summed E-state index contributed by atoms with van der Waals surface area (Å²) in [5.41, 5.74) is 1.45. The van der Waals surface area contributed by atoms with Crippen LogP contribution in [0.5, 0.6) is 0 Å². The van der Waals surface area contributed by atoms with Gasteiger partial charge in [0.2, 0.25) is 0 Å². The molecule has 0 spiro atoms. The van der Waals surface area contributed by atoms with Crippen molar-refractivity contribution in [1.29, 1.82) is 0 Å². The fourth-order valence-electron chi connectivity index (χ4n) is 1.21.